The predicted octanol–water partition coefficient (Wildman–Crippen LogP) is 4.01. The van der Waals surface area contributed by atoms with Crippen molar-refractivity contribution < 1.29 is 18.7 Å². The minimum atomic E-state index is -0.512. The second kappa shape index (κ2) is 10.5. The molecule has 1 aromatic carbocycles. The number of fused-ring (bicyclic) bond motifs is 1. The Morgan fingerprint density at radius 1 is 1.24 bits per heavy atom. The van der Waals surface area contributed by atoms with E-state index in [4.69, 9.17) is 9.47 Å². The van der Waals surface area contributed by atoms with Crippen LogP contribution in [0.4, 0.5) is 9.18 Å². The third kappa shape index (κ3) is 6.46. The maximum absolute atomic E-state index is 13.5. The van der Waals surface area contributed by atoms with E-state index in [0.29, 0.717) is 44.4 Å². The molecule has 2 aromatic rings. The van der Waals surface area contributed by atoms with Crippen molar-refractivity contribution in [1.82, 2.24) is 20.1 Å². The Balaban J connectivity index is 0.00000306. The maximum atomic E-state index is 13.5. The van der Waals surface area contributed by atoms with Crippen molar-refractivity contribution in [2.75, 3.05) is 26.2 Å². The van der Waals surface area contributed by atoms with E-state index in [1.807, 2.05) is 32.9 Å². The molecular formula is C23H29FIN5O3. The minimum Gasteiger partial charge on any atom is -0.444 e. The molecule has 1 saturated heterocycles. The Kier molecular flexibility index (Phi) is 7.98. The van der Waals surface area contributed by atoms with E-state index in [1.54, 1.807) is 23.2 Å². The molecule has 0 spiro atoms. The summed E-state index contributed by atoms with van der Waals surface area (Å²) in [5, 5.41) is 3.36. The van der Waals surface area contributed by atoms with Crippen LogP contribution >= 0.6 is 24.0 Å². The van der Waals surface area contributed by atoms with E-state index in [1.165, 1.54) is 12.1 Å². The van der Waals surface area contributed by atoms with E-state index in [-0.39, 0.29) is 41.9 Å². The van der Waals surface area contributed by atoms with Crippen LogP contribution in [0.2, 0.25) is 0 Å². The van der Waals surface area contributed by atoms with Gasteiger partial charge in [0.2, 0.25) is 5.88 Å². The van der Waals surface area contributed by atoms with E-state index >= 15 is 0 Å². The average molecular weight is 569 g/mol. The van der Waals surface area contributed by atoms with Crippen LogP contribution in [0.3, 0.4) is 0 Å². The van der Waals surface area contributed by atoms with Gasteiger partial charge in [-0.3, -0.25) is 4.99 Å². The molecule has 0 aliphatic carbocycles. The Labute approximate surface area is 210 Å². The molecule has 8 nitrogen and oxygen atoms in total. The summed E-state index contributed by atoms with van der Waals surface area (Å²) in [5.41, 5.74) is 0.317. The number of benzene rings is 1. The Bertz CT molecular complexity index is 1010. The average Bonchev–Trinajstić information content (AvgIpc) is 3.14. The second-order valence-corrected chi connectivity index (χ2v) is 8.82. The lowest BCUT2D eigenvalue weighted by Crippen LogP contribution is -2.57. The lowest BCUT2D eigenvalue weighted by atomic mass is 10.2. The first-order valence-corrected chi connectivity index (χ1v) is 10.7. The zero-order valence-corrected chi connectivity index (χ0v) is 21.3. The molecule has 2 aliphatic heterocycles. The number of aromatic nitrogens is 1. The number of aliphatic imine (C=N–C) groups is 1. The van der Waals surface area contributed by atoms with Gasteiger partial charge in [0.15, 0.2) is 5.96 Å². The highest BCUT2D eigenvalue weighted by Gasteiger charge is 2.36. The monoisotopic (exact) mass is 569 g/mol. The number of pyridine rings is 1. The van der Waals surface area contributed by atoms with Crippen LogP contribution in [-0.2, 0) is 11.3 Å². The summed E-state index contributed by atoms with van der Waals surface area (Å²) < 4.78 is 24.8. The van der Waals surface area contributed by atoms with Gasteiger partial charge in [0.1, 0.15) is 17.2 Å². The summed E-state index contributed by atoms with van der Waals surface area (Å²) in [5.74, 6) is 1.23. The third-order valence-electron chi connectivity index (χ3n) is 5.16. The molecule has 1 unspecified atom stereocenters. The number of halogens is 2. The molecule has 1 fully saturated rings. The summed E-state index contributed by atoms with van der Waals surface area (Å²) in [6, 6.07) is 9.82. The van der Waals surface area contributed by atoms with Crippen molar-refractivity contribution in [3.05, 3.63) is 54.0 Å². The Hall–Kier alpha value is -2.63. The van der Waals surface area contributed by atoms with E-state index in [9.17, 15) is 9.18 Å². The molecule has 1 atom stereocenters. The van der Waals surface area contributed by atoms with Crippen LogP contribution in [0.5, 0.6) is 11.6 Å². The summed E-state index contributed by atoms with van der Waals surface area (Å²) in [4.78, 5) is 25.2. The van der Waals surface area contributed by atoms with E-state index in [0.717, 1.165) is 11.5 Å². The first-order valence-electron chi connectivity index (χ1n) is 10.7. The number of rotatable bonds is 4. The maximum Gasteiger partial charge on any atom is 0.410 e. The van der Waals surface area contributed by atoms with Crippen LogP contribution in [0.15, 0.2) is 47.6 Å². The molecule has 1 aromatic heterocycles. The van der Waals surface area contributed by atoms with Crippen molar-refractivity contribution >= 4 is 36.0 Å². The van der Waals surface area contributed by atoms with Gasteiger partial charge in [0.05, 0.1) is 12.6 Å². The number of hydrogen-bond donors (Lipinski definition) is 1. The molecule has 2 aliphatic rings. The quantitative estimate of drug-likeness (QED) is 0.561. The first-order chi connectivity index (χ1) is 15.3. The molecule has 178 valence electrons. The summed E-state index contributed by atoms with van der Waals surface area (Å²) >= 11 is 0. The lowest BCUT2D eigenvalue weighted by molar-refractivity contribution is 0.0137. The fourth-order valence-electron chi connectivity index (χ4n) is 3.69. The van der Waals surface area contributed by atoms with Crippen molar-refractivity contribution in [3.8, 4) is 11.6 Å². The number of nitrogens with zero attached hydrogens (tertiary/aromatic N) is 4. The van der Waals surface area contributed by atoms with E-state index in [2.05, 4.69) is 20.2 Å². The lowest BCUT2D eigenvalue weighted by Gasteiger charge is -2.39. The molecule has 0 radical (unpaired) electrons. The highest BCUT2D eigenvalue weighted by Crippen LogP contribution is 2.24. The van der Waals surface area contributed by atoms with Gasteiger partial charge >= 0.3 is 6.09 Å². The standard InChI is InChI=1S/C23H28FN5O3.HI/c1-23(2,3)32-22(30)28-10-11-29-18(15-28)14-27-21(29)26-13-16-6-5-9-25-20(16)31-19-8-4-7-17(24)12-19;/h4-9,12,18H,10-11,13-15H2,1-3H3,(H,26,27);1H. The van der Waals surface area contributed by atoms with Crippen molar-refractivity contribution in [1.29, 1.82) is 0 Å². The molecule has 4 rings (SSSR count). The Morgan fingerprint density at radius 2 is 2.06 bits per heavy atom. The van der Waals surface area contributed by atoms with Crippen LogP contribution in [-0.4, -0.2) is 64.7 Å². The number of carbonyl (C=O) groups excluding carboxylic acids is 1. The van der Waals surface area contributed by atoms with Crippen LogP contribution < -0.4 is 10.1 Å². The normalized spacial score (nSPS) is 17.6. The summed E-state index contributed by atoms with van der Waals surface area (Å²) in [6.45, 7) is 8.50. The fraction of sp³-hybridized carbons (Fsp3) is 0.435. The fourth-order valence-corrected chi connectivity index (χ4v) is 3.69. The van der Waals surface area contributed by atoms with Crippen molar-refractivity contribution in [3.63, 3.8) is 0 Å². The van der Waals surface area contributed by atoms with Gasteiger partial charge in [-0.25, -0.2) is 14.2 Å². The number of piperazine rings is 1. The highest BCUT2D eigenvalue weighted by molar-refractivity contribution is 14.0. The summed E-state index contributed by atoms with van der Waals surface area (Å²) in [6.07, 6.45) is 1.35. The van der Waals surface area contributed by atoms with Crippen molar-refractivity contribution in [2.45, 2.75) is 39.0 Å². The van der Waals surface area contributed by atoms with Crippen LogP contribution in [0, 0.1) is 5.82 Å². The number of hydrogen-bond acceptors (Lipinski definition) is 7. The molecular weight excluding hydrogens is 540 g/mol. The molecule has 3 heterocycles. The molecule has 0 bridgehead atoms. The topological polar surface area (TPSA) is 79.3 Å². The number of ether oxygens (including phenoxy) is 2. The Morgan fingerprint density at radius 3 is 2.82 bits per heavy atom. The van der Waals surface area contributed by atoms with Gasteiger partial charge in [-0.15, -0.1) is 24.0 Å². The largest absolute Gasteiger partial charge is 0.444 e. The van der Waals surface area contributed by atoms with Gasteiger partial charge in [-0.1, -0.05) is 12.1 Å². The number of carbonyl (C=O) groups is 1. The highest BCUT2D eigenvalue weighted by atomic mass is 127. The number of guanidine groups is 1. The minimum absolute atomic E-state index is 0. The third-order valence-corrected chi connectivity index (χ3v) is 5.16. The number of nitrogens with one attached hydrogen (secondary N) is 1. The zero-order valence-electron chi connectivity index (χ0n) is 19.0. The first kappa shape index (κ1) is 25.0. The number of amides is 1. The SMILES string of the molecule is CC(C)(C)OC(=O)N1CCN2C(NCc3cccnc3Oc3cccc(F)c3)=NCC2C1.I. The smallest absolute Gasteiger partial charge is 0.410 e. The van der Waals surface area contributed by atoms with Gasteiger partial charge in [0, 0.05) is 44.0 Å². The van der Waals surface area contributed by atoms with Gasteiger partial charge < -0.3 is 24.6 Å². The molecule has 1 amide bonds. The molecule has 33 heavy (non-hydrogen) atoms. The van der Waals surface area contributed by atoms with Crippen LogP contribution in [0.25, 0.3) is 0 Å². The van der Waals surface area contributed by atoms with Gasteiger partial charge in [-0.05, 0) is 39.0 Å². The van der Waals surface area contributed by atoms with E-state index < -0.39 is 5.60 Å². The summed E-state index contributed by atoms with van der Waals surface area (Å²) in [7, 11) is 0. The molecule has 1 N–H and O–H groups in total. The van der Waals surface area contributed by atoms with Gasteiger partial charge in [0.25, 0.3) is 0 Å². The second-order valence-electron chi connectivity index (χ2n) is 8.82. The van der Waals surface area contributed by atoms with Crippen molar-refractivity contribution in [2.24, 2.45) is 4.99 Å². The van der Waals surface area contributed by atoms with Crippen LogP contribution in [0.1, 0.15) is 26.3 Å². The van der Waals surface area contributed by atoms with Gasteiger partial charge in [-0.2, -0.15) is 0 Å². The predicted molar refractivity (Wildman–Crippen MR) is 134 cm³/mol. The zero-order chi connectivity index (χ0) is 22.7. The molecule has 10 heteroatoms. The molecule has 0 saturated carbocycles.